The molecule has 1 aromatic carbocycles. The Morgan fingerprint density at radius 3 is 2.59 bits per heavy atom. The van der Waals surface area contributed by atoms with Crippen molar-refractivity contribution in [2.45, 2.75) is 20.0 Å². The molecular formula is C18H23ClIN7. The standard InChI is InChI=1S/C18H22ClN7.HI/c1-3-20-18(22-12-17-8-9-23-25(17)2)21-10-14-11-24-26(13-14)16-6-4-15(19)5-7-16;/h4-9,11,13H,3,10,12H2,1-2H3,(H2,20,21,22);1H. The molecule has 9 heteroatoms. The quantitative estimate of drug-likeness (QED) is 0.311. The van der Waals surface area contributed by atoms with Gasteiger partial charge >= 0.3 is 0 Å². The lowest BCUT2D eigenvalue weighted by atomic mass is 10.3. The molecule has 0 radical (unpaired) electrons. The molecule has 0 fully saturated rings. The van der Waals surface area contributed by atoms with E-state index in [1.54, 1.807) is 6.20 Å². The predicted octanol–water partition coefficient (Wildman–Crippen LogP) is 3.13. The van der Waals surface area contributed by atoms with E-state index in [2.05, 4.69) is 25.8 Å². The van der Waals surface area contributed by atoms with Crippen LogP contribution in [0.25, 0.3) is 5.69 Å². The average Bonchev–Trinajstić information content (AvgIpc) is 3.27. The van der Waals surface area contributed by atoms with Gasteiger partial charge in [0.1, 0.15) is 0 Å². The second-order valence-electron chi connectivity index (χ2n) is 5.76. The molecule has 0 aliphatic carbocycles. The van der Waals surface area contributed by atoms with E-state index < -0.39 is 0 Å². The van der Waals surface area contributed by atoms with Crippen LogP contribution in [0.2, 0.25) is 5.02 Å². The Labute approximate surface area is 180 Å². The third kappa shape index (κ3) is 5.96. The molecule has 27 heavy (non-hydrogen) atoms. The van der Waals surface area contributed by atoms with E-state index in [1.165, 1.54) is 0 Å². The summed E-state index contributed by atoms with van der Waals surface area (Å²) in [5.41, 5.74) is 3.08. The highest BCUT2D eigenvalue weighted by Crippen LogP contribution is 2.13. The van der Waals surface area contributed by atoms with Gasteiger partial charge in [-0.25, -0.2) is 9.67 Å². The lowest BCUT2D eigenvalue weighted by Crippen LogP contribution is -2.37. The summed E-state index contributed by atoms with van der Waals surface area (Å²) in [7, 11) is 1.92. The van der Waals surface area contributed by atoms with Crippen molar-refractivity contribution in [1.29, 1.82) is 0 Å². The average molecular weight is 500 g/mol. The van der Waals surface area contributed by atoms with Gasteiger partial charge in [-0.15, -0.1) is 24.0 Å². The van der Waals surface area contributed by atoms with Gasteiger partial charge in [0.25, 0.3) is 0 Å². The maximum absolute atomic E-state index is 5.93. The molecule has 0 bridgehead atoms. The second-order valence-corrected chi connectivity index (χ2v) is 6.20. The smallest absolute Gasteiger partial charge is 0.191 e. The fraction of sp³-hybridized carbons (Fsp3) is 0.278. The molecule has 0 amide bonds. The largest absolute Gasteiger partial charge is 0.357 e. The first-order chi connectivity index (χ1) is 12.7. The van der Waals surface area contributed by atoms with Gasteiger partial charge in [0.15, 0.2) is 5.96 Å². The fourth-order valence-electron chi connectivity index (χ4n) is 2.44. The molecule has 2 aromatic heterocycles. The van der Waals surface area contributed by atoms with Crippen LogP contribution in [0.15, 0.2) is 53.9 Å². The van der Waals surface area contributed by atoms with E-state index in [9.17, 15) is 0 Å². The molecule has 2 N–H and O–H groups in total. The predicted molar refractivity (Wildman–Crippen MR) is 119 cm³/mol. The number of rotatable bonds is 6. The summed E-state index contributed by atoms with van der Waals surface area (Å²) in [4.78, 5) is 4.62. The highest BCUT2D eigenvalue weighted by molar-refractivity contribution is 14.0. The van der Waals surface area contributed by atoms with Gasteiger partial charge in [0, 0.05) is 36.6 Å². The van der Waals surface area contributed by atoms with E-state index in [0.717, 1.165) is 29.4 Å². The number of benzene rings is 1. The monoisotopic (exact) mass is 499 g/mol. The van der Waals surface area contributed by atoms with Crippen molar-refractivity contribution in [2.24, 2.45) is 12.0 Å². The minimum atomic E-state index is 0. The molecule has 0 saturated carbocycles. The summed E-state index contributed by atoms with van der Waals surface area (Å²) >= 11 is 5.93. The number of hydrogen-bond donors (Lipinski definition) is 2. The Balaban J connectivity index is 0.00000261. The topological polar surface area (TPSA) is 72.1 Å². The van der Waals surface area contributed by atoms with Crippen molar-refractivity contribution < 1.29 is 0 Å². The Morgan fingerprint density at radius 1 is 1.15 bits per heavy atom. The van der Waals surface area contributed by atoms with Crippen molar-refractivity contribution >= 4 is 41.5 Å². The number of guanidine groups is 1. The van der Waals surface area contributed by atoms with Gasteiger partial charge in [-0.2, -0.15) is 10.2 Å². The van der Waals surface area contributed by atoms with Gasteiger partial charge in [-0.3, -0.25) is 4.68 Å². The van der Waals surface area contributed by atoms with Crippen LogP contribution in [0.4, 0.5) is 0 Å². The highest BCUT2D eigenvalue weighted by atomic mass is 127. The van der Waals surface area contributed by atoms with Gasteiger partial charge in [-0.1, -0.05) is 11.6 Å². The minimum Gasteiger partial charge on any atom is -0.357 e. The summed E-state index contributed by atoms with van der Waals surface area (Å²) in [5.74, 6) is 0.757. The summed E-state index contributed by atoms with van der Waals surface area (Å²) < 4.78 is 3.66. The Kier molecular flexibility index (Phi) is 8.11. The molecule has 0 saturated heterocycles. The van der Waals surface area contributed by atoms with Gasteiger partial charge in [-0.05, 0) is 37.3 Å². The Hall–Kier alpha value is -2.07. The number of aliphatic imine (C=N–C) groups is 1. The van der Waals surface area contributed by atoms with Crippen LogP contribution in [0.3, 0.4) is 0 Å². The van der Waals surface area contributed by atoms with E-state index in [4.69, 9.17) is 11.6 Å². The van der Waals surface area contributed by atoms with E-state index in [1.807, 2.05) is 66.1 Å². The van der Waals surface area contributed by atoms with Crippen LogP contribution in [-0.4, -0.2) is 32.1 Å². The summed E-state index contributed by atoms with van der Waals surface area (Å²) in [5, 5.41) is 15.8. The maximum Gasteiger partial charge on any atom is 0.191 e. The molecule has 144 valence electrons. The number of aromatic nitrogens is 4. The van der Waals surface area contributed by atoms with Crippen molar-refractivity contribution in [2.75, 3.05) is 6.54 Å². The van der Waals surface area contributed by atoms with E-state index in [-0.39, 0.29) is 24.0 Å². The molecular weight excluding hydrogens is 477 g/mol. The van der Waals surface area contributed by atoms with Crippen molar-refractivity contribution in [3.05, 3.63) is 65.2 Å². The van der Waals surface area contributed by atoms with Gasteiger partial charge in [0.2, 0.25) is 0 Å². The normalized spacial score (nSPS) is 11.1. The van der Waals surface area contributed by atoms with E-state index in [0.29, 0.717) is 18.1 Å². The van der Waals surface area contributed by atoms with Crippen LogP contribution >= 0.6 is 35.6 Å². The third-order valence-electron chi connectivity index (χ3n) is 3.85. The third-order valence-corrected chi connectivity index (χ3v) is 4.10. The van der Waals surface area contributed by atoms with Crippen LogP contribution in [0.5, 0.6) is 0 Å². The molecule has 3 rings (SSSR count). The van der Waals surface area contributed by atoms with Crippen LogP contribution in [0, 0.1) is 0 Å². The molecule has 0 unspecified atom stereocenters. The van der Waals surface area contributed by atoms with Gasteiger partial charge < -0.3 is 10.6 Å². The van der Waals surface area contributed by atoms with Crippen molar-refractivity contribution in [1.82, 2.24) is 30.2 Å². The Morgan fingerprint density at radius 2 is 1.93 bits per heavy atom. The lowest BCUT2D eigenvalue weighted by molar-refractivity contribution is 0.685. The molecule has 0 aliphatic rings. The first kappa shape index (κ1) is 21.2. The zero-order valence-corrected chi connectivity index (χ0v) is 18.3. The fourth-order valence-corrected chi connectivity index (χ4v) is 2.56. The molecule has 3 aromatic rings. The van der Waals surface area contributed by atoms with Crippen LogP contribution in [0.1, 0.15) is 18.2 Å². The first-order valence-corrected chi connectivity index (χ1v) is 8.82. The van der Waals surface area contributed by atoms with Crippen molar-refractivity contribution in [3.63, 3.8) is 0 Å². The molecule has 0 aliphatic heterocycles. The van der Waals surface area contributed by atoms with E-state index >= 15 is 0 Å². The number of halogens is 2. The maximum atomic E-state index is 5.93. The SMILES string of the molecule is CCNC(=NCc1cnn(-c2ccc(Cl)cc2)c1)NCc1ccnn1C.I. The van der Waals surface area contributed by atoms with Crippen LogP contribution < -0.4 is 10.6 Å². The minimum absolute atomic E-state index is 0. The Bertz CT molecular complexity index is 870. The van der Waals surface area contributed by atoms with Crippen LogP contribution in [-0.2, 0) is 20.1 Å². The summed E-state index contributed by atoms with van der Waals surface area (Å²) in [6.07, 6.45) is 5.58. The van der Waals surface area contributed by atoms with Gasteiger partial charge in [0.05, 0.1) is 30.7 Å². The zero-order valence-electron chi connectivity index (χ0n) is 15.3. The number of aryl methyl sites for hydroxylation is 1. The molecule has 0 spiro atoms. The molecule has 2 heterocycles. The lowest BCUT2D eigenvalue weighted by Gasteiger charge is -2.11. The number of hydrogen-bond acceptors (Lipinski definition) is 3. The summed E-state index contributed by atoms with van der Waals surface area (Å²) in [6, 6.07) is 9.54. The number of nitrogens with zero attached hydrogens (tertiary/aromatic N) is 5. The second kappa shape index (κ2) is 10.3. The highest BCUT2D eigenvalue weighted by Gasteiger charge is 2.04. The van der Waals surface area contributed by atoms with Crippen molar-refractivity contribution in [3.8, 4) is 5.69 Å². The summed E-state index contributed by atoms with van der Waals surface area (Å²) in [6.45, 7) is 4.03. The zero-order chi connectivity index (χ0) is 18.4. The molecule has 7 nitrogen and oxygen atoms in total. The first-order valence-electron chi connectivity index (χ1n) is 8.44. The molecule has 0 atom stereocenters. The number of nitrogens with one attached hydrogen (secondary N) is 2.